The average Bonchev–Trinajstić information content (AvgIpc) is 2.53. The zero-order valence-corrected chi connectivity index (χ0v) is 7.61. The number of rotatable bonds is 3. The lowest BCUT2D eigenvalue weighted by Gasteiger charge is -2.07. The van der Waals surface area contributed by atoms with Gasteiger partial charge < -0.3 is 14.9 Å². The van der Waals surface area contributed by atoms with Crippen LogP contribution in [0.5, 0.6) is 0 Å². The normalized spacial score (nSPS) is 12.5. The number of nitrogens with zero attached hydrogens (tertiary/aromatic N) is 1. The second kappa shape index (κ2) is 4.04. The number of carbonyl (C=O) groups excluding carboxylic acids is 1. The fourth-order valence-corrected chi connectivity index (χ4v) is 0.973. The second-order valence-electron chi connectivity index (χ2n) is 2.62. The average molecular weight is 184 g/mol. The van der Waals surface area contributed by atoms with E-state index in [9.17, 15) is 4.79 Å². The molecule has 5 heteroatoms. The monoisotopic (exact) mass is 184 g/mol. The molecule has 2 N–H and O–H groups in total. The molecule has 0 aliphatic carbocycles. The van der Waals surface area contributed by atoms with Gasteiger partial charge >= 0.3 is 5.97 Å². The van der Waals surface area contributed by atoms with Crippen LogP contribution < -0.4 is 5.73 Å². The highest BCUT2D eigenvalue weighted by Gasteiger charge is 2.24. The van der Waals surface area contributed by atoms with Crippen molar-refractivity contribution >= 4 is 5.97 Å². The number of oxazole rings is 1. The largest absolute Gasteiger partial charge is 0.468 e. The van der Waals surface area contributed by atoms with E-state index in [2.05, 4.69) is 9.72 Å². The minimum atomic E-state index is -0.598. The molecule has 5 nitrogen and oxygen atoms in total. The highest BCUT2D eigenvalue weighted by molar-refractivity contribution is 5.76. The van der Waals surface area contributed by atoms with E-state index in [1.165, 1.54) is 7.11 Å². The molecule has 0 aliphatic rings. The summed E-state index contributed by atoms with van der Waals surface area (Å²) in [7, 11) is 1.31. The molecule has 0 aromatic carbocycles. The highest BCUT2D eigenvalue weighted by Crippen LogP contribution is 2.15. The van der Waals surface area contributed by atoms with Crippen molar-refractivity contribution in [3.05, 3.63) is 17.8 Å². The molecule has 1 unspecified atom stereocenters. The van der Waals surface area contributed by atoms with Crippen molar-refractivity contribution in [1.29, 1.82) is 0 Å². The van der Waals surface area contributed by atoms with Crippen LogP contribution in [0.1, 0.15) is 17.6 Å². The van der Waals surface area contributed by atoms with E-state index in [1.807, 2.05) is 0 Å². The van der Waals surface area contributed by atoms with Gasteiger partial charge in [0.05, 0.1) is 13.3 Å². The fourth-order valence-electron chi connectivity index (χ4n) is 0.973. The summed E-state index contributed by atoms with van der Waals surface area (Å²) >= 11 is 0. The van der Waals surface area contributed by atoms with Crippen LogP contribution in [0, 0.1) is 6.92 Å². The lowest BCUT2D eigenvalue weighted by Crippen LogP contribution is -2.23. The van der Waals surface area contributed by atoms with E-state index < -0.39 is 11.9 Å². The molecular weight excluding hydrogens is 172 g/mol. The van der Waals surface area contributed by atoms with Crippen LogP contribution in [0.25, 0.3) is 0 Å². The Kier molecular flexibility index (Phi) is 3.02. The van der Waals surface area contributed by atoms with Gasteiger partial charge in [-0.25, -0.2) is 4.98 Å². The first kappa shape index (κ1) is 9.73. The third kappa shape index (κ3) is 2.06. The molecule has 13 heavy (non-hydrogen) atoms. The molecule has 0 saturated heterocycles. The van der Waals surface area contributed by atoms with Gasteiger partial charge in [0.2, 0.25) is 5.89 Å². The maximum Gasteiger partial charge on any atom is 0.319 e. The number of aryl methyl sites for hydroxylation is 1. The van der Waals surface area contributed by atoms with Crippen LogP contribution in [-0.2, 0) is 9.53 Å². The SMILES string of the molecule is COC(=O)C(CN)c1ncc(C)o1. The van der Waals surface area contributed by atoms with Gasteiger partial charge in [-0.2, -0.15) is 0 Å². The molecule has 0 aliphatic heterocycles. The molecule has 0 radical (unpaired) electrons. The summed E-state index contributed by atoms with van der Waals surface area (Å²) in [6, 6.07) is 0. The molecule has 1 atom stereocenters. The summed E-state index contributed by atoms with van der Waals surface area (Å²) < 4.78 is 9.72. The van der Waals surface area contributed by atoms with Crippen molar-refractivity contribution < 1.29 is 13.9 Å². The predicted octanol–water partition coefficient (Wildman–Crippen LogP) is 0.198. The van der Waals surface area contributed by atoms with Gasteiger partial charge in [-0.05, 0) is 6.92 Å². The number of esters is 1. The topological polar surface area (TPSA) is 78.4 Å². The Morgan fingerprint density at radius 1 is 1.85 bits per heavy atom. The molecule has 72 valence electrons. The first-order valence-corrected chi connectivity index (χ1v) is 3.89. The number of hydrogen-bond acceptors (Lipinski definition) is 5. The van der Waals surface area contributed by atoms with E-state index in [0.29, 0.717) is 11.7 Å². The van der Waals surface area contributed by atoms with Crippen LogP contribution in [-0.4, -0.2) is 24.6 Å². The van der Waals surface area contributed by atoms with Gasteiger partial charge in [-0.3, -0.25) is 4.79 Å². The predicted molar refractivity (Wildman–Crippen MR) is 45.1 cm³/mol. The lowest BCUT2D eigenvalue weighted by atomic mass is 10.1. The Bertz CT molecular complexity index is 295. The maximum atomic E-state index is 11.2. The van der Waals surface area contributed by atoms with Crippen molar-refractivity contribution in [2.75, 3.05) is 13.7 Å². The van der Waals surface area contributed by atoms with Crippen molar-refractivity contribution in [2.24, 2.45) is 5.73 Å². The van der Waals surface area contributed by atoms with Crippen LogP contribution >= 0.6 is 0 Å². The van der Waals surface area contributed by atoms with E-state index in [4.69, 9.17) is 10.2 Å². The Labute approximate surface area is 75.9 Å². The summed E-state index contributed by atoms with van der Waals surface area (Å²) in [4.78, 5) is 15.1. The zero-order chi connectivity index (χ0) is 9.84. The van der Waals surface area contributed by atoms with Crippen LogP contribution in [0.15, 0.2) is 10.6 Å². The first-order valence-electron chi connectivity index (χ1n) is 3.89. The van der Waals surface area contributed by atoms with Gasteiger partial charge in [0.25, 0.3) is 0 Å². The minimum Gasteiger partial charge on any atom is -0.468 e. The molecule has 0 amide bonds. The number of aromatic nitrogens is 1. The molecule has 1 aromatic heterocycles. The van der Waals surface area contributed by atoms with E-state index in [1.54, 1.807) is 13.1 Å². The Morgan fingerprint density at radius 2 is 2.54 bits per heavy atom. The number of ether oxygens (including phenoxy) is 1. The standard InChI is InChI=1S/C8H12N2O3/c1-5-4-10-7(13-5)6(3-9)8(11)12-2/h4,6H,3,9H2,1-2H3. The third-order valence-corrected chi connectivity index (χ3v) is 1.66. The summed E-state index contributed by atoms with van der Waals surface area (Å²) in [6.45, 7) is 1.88. The summed E-state index contributed by atoms with van der Waals surface area (Å²) in [5.74, 6) is -0.0627. The molecule has 1 aromatic rings. The number of methoxy groups -OCH3 is 1. The van der Waals surface area contributed by atoms with E-state index in [0.717, 1.165) is 0 Å². The van der Waals surface area contributed by atoms with E-state index >= 15 is 0 Å². The molecule has 0 spiro atoms. The van der Waals surface area contributed by atoms with Gasteiger partial charge in [0.15, 0.2) is 0 Å². The summed E-state index contributed by atoms with van der Waals surface area (Å²) in [6.07, 6.45) is 1.54. The molecule has 1 rings (SSSR count). The molecule has 0 saturated carbocycles. The maximum absolute atomic E-state index is 11.2. The number of nitrogens with two attached hydrogens (primary N) is 1. The quantitative estimate of drug-likeness (QED) is 0.679. The Hall–Kier alpha value is -1.36. The number of hydrogen-bond donors (Lipinski definition) is 1. The van der Waals surface area contributed by atoms with Crippen molar-refractivity contribution in [3.8, 4) is 0 Å². The van der Waals surface area contributed by atoms with Crippen molar-refractivity contribution in [3.63, 3.8) is 0 Å². The molecular formula is C8H12N2O3. The van der Waals surface area contributed by atoms with Crippen LogP contribution in [0.2, 0.25) is 0 Å². The smallest absolute Gasteiger partial charge is 0.319 e. The number of carbonyl (C=O) groups is 1. The molecule has 1 heterocycles. The first-order chi connectivity index (χ1) is 6.19. The third-order valence-electron chi connectivity index (χ3n) is 1.66. The van der Waals surface area contributed by atoms with Gasteiger partial charge in [0, 0.05) is 6.54 Å². The van der Waals surface area contributed by atoms with Crippen molar-refractivity contribution in [2.45, 2.75) is 12.8 Å². The van der Waals surface area contributed by atoms with Crippen LogP contribution in [0.3, 0.4) is 0 Å². The molecule has 0 fully saturated rings. The lowest BCUT2D eigenvalue weighted by molar-refractivity contribution is -0.142. The summed E-state index contributed by atoms with van der Waals surface area (Å²) in [5, 5.41) is 0. The minimum absolute atomic E-state index is 0.132. The molecule has 0 bridgehead atoms. The second-order valence-corrected chi connectivity index (χ2v) is 2.62. The Balaban J connectivity index is 2.84. The van der Waals surface area contributed by atoms with Gasteiger partial charge in [-0.15, -0.1) is 0 Å². The Morgan fingerprint density at radius 3 is 2.92 bits per heavy atom. The zero-order valence-electron chi connectivity index (χ0n) is 7.61. The fraction of sp³-hybridized carbons (Fsp3) is 0.500. The van der Waals surface area contributed by atoms with Gasteiger partial charge in [-0.1, -0.05) is 0 Å². The van der Waals surface area contributed by atoms with Gasteiger partial charge in [0.1, 0.15) is 11.7 Å². The van der Waals surface area contributed by atoms with Crippen molar-refractivity contribution in [1.82, 2.24) is 4.98 Å². The van der Waals surface area contributed by atoms with Crippen LogP contribution in [0.4, 0.5) is 0 Å². The summed E-state index contributed by atoms with van der Waals surface area (Å²) in [5.41, 5.74) is 5.39. The van der Waals surface area contributed by atoms with E-state index in [-0.39, 0.29) is 6.54 Å². The highest BCUT2D eigenvalue weighted by atomic mass is 16.5.